The average Bonchev–Trinajstić information content (AvgIpc) is 3.81. The van der Waals surface area contributed by atoms with Crippen LogP contribution in [0, 0.1) is 6.92 Å². The maximum absolute atomic E-state index is 13.0. The van der Waals surface area contributed by atoms with Gasteiger partial charge >= 0.3 is 0 Å². The number of rotatable bonds is 6. The molecule has 13 heteroatoms. The fourth-order valence-electron chi connectivity index (χ4n) is 6.49. The van der Waals surface area contributed by atoms with Gasteiger partial charge in [0.15, 0.2) is 16.9 Å². The van der Waals surface area contributed by atoms with Crippen molar-refractivity contribution in [2.75, 3.05) is 36.0 Å². The number of piperidine rings is 2. The zero-order chi connectivity index (χ0) is 30.5. The van der Waals surface area contributed by atoms with E-state index in [1.165, 1.54) is 12.8 Å². The minimum Gasteiger partial charge on any atom is -0.456 e. The fourth-order valence-corrected chi connectivity index (χ4v) is 6.49. The van der Waals surface area contributed by atoms with Crippen LogP contribution in [-0.4, -0.2) is 57.0 Å². The van der Waals surface area contributed by atoms with Crippen LogP contribution in [0.1, 0.15) is 60.8 Å². The zero-order valence-corrected chi connectivity index (χ0v) is 25.0. The van der Waals surface area contributed by atoms with Crippen LogP contribution in [0.25, 0.3) is 28.2 Å². The molecule has 8 rings (SSSR count). The highest BCUT2D eigenvalue weighted by molar-refractivity contribution is 6.00. The molecule has 0 aromatic carbocycles. The van der Waals surface area contributed by atoms with Gasteiger partial charge in [-0.25, -0.2) is 9.97 Å². The first-order valence-electron chi connectivity index (χ1n) is 15.4. The Bertz CT molecular complexity index is 1950. The number of anilines is 2. The number of primary amides is 1. The van der Waals surface area contributed by atoms with Gasteiger partial charge in [-0.15, -0.1) is 0 Å². The Labute approximate surface area is 258 Å². The molecule has 3 aliphatic heterocycles. The third kappa shape index (κ3) is 4.69. The van der Waals surface area contributed by atoms with Crippen molar-refractivity contribution in [1.82, 2.24) is 30.2 Å². The Morgan fingerprint density at radius 1 is 0.867 bits per heavy atom. The second-order valence-corrected chi connectivity index (χ2v) is 11.8. The average molecular weight is 608 g/mol. The molecule has 0 bridgehead atoms. The van der Waals surface area contributed by atoms with Gasteiger partial charge < -0.3 is 34.4 Å². The first-order valence-corrected chi connectivity index (χ1v) is 15.4. The van der Waals surface area contributed by atoms with E-state index in [2.05, 4.69) is 40.0 Å². The van der Waals surface area contributed by atoms with E-state index >= 15 is 0 Å². The molecule has 3 N–H and O–H groups in total. The lowest BCUT2D eigenvalue weighted by Gasteiger charge is -2.32. The number of ether oxygens (including phenoxy) is 1. The summed E-state index contributed by atoms with van der Waals surface area (Å²) >= 11 is 0. The molecule has 1 unspecified atom stereocenters. The first kappa shape index (κ1) is 27.4. The molecule has 2 saturated heterocycles. The van der Waals surface area contributed by atoms with Crippen LogP contribution in [0.5, 0.6) is 0 Å². The number of hydrogen-bond donors (Lipinski definition) is 2. The quantitative estimate of drug-likeness (QED) is 0.284. The van der Waals surface area contributed by atoms with E-state index in [1.54, 1.807) is 30.9 Å². The maximum Gasteiger partial charge on any atom is 0.299 e. The Morgan fingerprint density at radius 3 is 2.11 bits per heavy atom. The number of aromatic nitrogens is 5. The van der Waals surface area contributed by atoms with Gasteiger partial charge in [-0.1, -0.05) is 0 Å². The minimum atomic E-state index is -1.39. The number of nitrogens with one attached hydrogen (secondary N) is 1. The molecule has 0 aliphatic carbocycles. The summed E-state index contributed by atoms with van der Waals surface area (Å²) in [4.78, 5) is 40.0. The summed E-state index contributed by atoms with van der Waals surface area (Å²) in [6.45, 7) is 5.49. The fraction of sp³-hybridized carbons (Fsp3) is 0.375. The molecule has 2 fully saturated rings. The van der Waals surface area contributed by atoms with Gasteiger partial charge in [0.1, 0.15) is 5.70 Å². The summed E-state index contributed by atoms with van der Waals surface area (Å²) in [7, 11) is 0. The molecular formula is C32H33N9O4. The SMILES string of the molecule is Cc1cnccc1C1(c2cnc3nc(N4CCCCC4)oc3c2)NC(C(N)=O)=C(c2cnc3nc(N4CCCCC4)oc3c2)O1. The Hall–Kier alpha value is -5.20. The van der Waals surface area contributed by atoms with E-state index in [0.29, 0.717) is 45.6 Å². The third-order valence-corrected chi connectivity index (χ3v) is 8.82. The maximum atomic E-state index is 13.0. The molecule has 3 aliphatic rings. The summed E-state index contributed by atoms with van der Waals surface area (Å²) in [6, 6.07) is 6.56. The van der Waals surface area contributed by atoms with E-state index in [-0.39, 0.29) is 11.5 Å². The van der Waals surface area contributed by atoms with Crippen molar-refractivity contribution in [1.29, 1.82) is 0 Å². The van der Waals surface area contributed by atoms with Crippen LogP contribution in [0.15, 0.2) is 57.5 Å². The Morgan fingerprint density at radius 2 is 1.49 bits per heavy atom. The number of nitrogens with zero attached hydrogens (tertiary/aromatic N) is 7. The normalized spacial score (nSPS) is 20.6. The molecule has 45 heavy (non-hydrogen) atoms. The molecular weight excluding hydrogens is 574 g/mol. The molecule has 230 valence electrons. The summed E-state index contributed by atoms with van der Waals surface area (Å²) < 4.78 is 19.2. The summed E-state index contributed by atoms with van der Waals surface area (Å²) in [5.41, 5.74) is 9.31. The zero-order valence-electron chi connectivity index (χ0n) is 25.0. The topological polar surface area (TPSA) is 162 Å². The first-order chi connectivity index (χ1) is 22.0. The molecule has 5 aromatic heterocycles. The number of fused-ring (bicyclic) bond motifs is 2. The van der Waals surface area contributed by atoms with E-state index in [1.807, 2.05) is 19.1 Å². The number of carbonyl (C=O) groups is 1. The van der Waals surface area contributed by atoms with E-state index < -0.39 is 11.6 Å². The molecule has 1 amide bonds. The smallest absolute Gasteiger partial charge is 0.299 e. The van der Waals surface area contributed by atoms with Crippen LogP contribution >= 0.6 is 0 Å². The van der Waals surface area contributed by atoms with Crippen molar-refractivity contribution in [2.24, 2.45) is 5.73 Å². The Kier molecular flexibility index (Phi) is 6.54. The number of amides is 1. The predicted molar refractivity (Wildman–Crippen MR) is 166 cm³/mol. The standard InChI is InChI=1S/C32H33N9O4/c1-19-16-34-9-8-22(19)32(21-15-24-29(36-18-21)38-31(44-24)41-12-6-3-7-13-41)39-25(27(33)42)26(45-32)20-14-23-28(35-17-20)37-30(43-23)40-10-4-2-5-11-40/h8-9,14-18,39H,2-7,10-13H2,1H3,(H2,33,42). The number of nitrogens with two attached hydrogens (primary N) is 1. The number of pyridine rings is 3. The highest BCUT2D eigenvalue weighted by Crippen LogP contribution is 2.44. The van der Waals surface area contributed by atoms with Crippen LogP contribution in [0.3, 0.4) is 0 Å². The second kappa shape index (κ2) is 10.8. The van der Waals surface area contributed by atoms with Crippen molar-refractivity contribution < 1.29 is 18.4 Å². The van der Waals surface area contributed by atoms with Crippen molar-refractivity contribution >= 4 is 46.2 Å². The number of aryl methyl sites for hydroxylation is 1. The van der Waals surface area contributed by atoms with Crippen molar-refractivity contribution in [3.63, 3.8) is 0 Å². The molecule has 0 spiro atoms. The monoisotopic (exact) mass is 607 g/mol. The van der Waals surface area contributed by atoms with Gasteiger partial charge in [-0.2, -0.15) is 9.97 Å². The van der Waals surface area contributed by atoms with Gasteiger partial charge in [0, 0.05) is 67.7 Å². The van der Waals surface area contributed by atoms with Gasteiger partial charge in [-0.3, -0.25) is 9.78 Å². The Balaban J connectivity index is 1.21. The molecule has 0 saturated carbocycles. The van der Waals surface area contributed by atoms with E-state index in [9.17, 15) is 4.79 Å². The minimum absolute atomic E-state index is 0.0924. The number of carbonyl (C=O) groups excluding carboxylic acids is 1. The van der Waals surface area contributed by atoms with Gasteiger partial charge in [-0.05, 0) is 69.2 Å². The van der Waals surface area contributed by atoms with Crippen LogP contribution in [0.2, 0.25) is 0 Å². The van der Waals surface area contributed by atoms with Crippen LogP contribution in [0.4, 0.5) is 12.0 Å². The molecule has 13 nitrogen and oxygen atoms in total. The number of oxazole rings is 2. The highest BCUT2D eigenvalue weighted by Gasteiger charge is 2.47. The van der Waals surface area contributed by atoms with Crippen LogP contribution < -0.4 is 20.9 Å². The molecule has 1 atom stereocenters. The lowest BCUT2D eigenvalue weighted by atomic mass is 9.93. The van der Waals surface area contributed by atoms with E-state index in [0.717, 1.165) is 63.0 Å². The molecule has 0 radical (unpaired) electrons. The largest absolute Gasteiger partial charge is 0.456 e. The summed E-state index contributed by atoms with van der Waals surface area (Å²) in [5, 5.41) is 3.33. The highest BCUT2D eigenvalue weighted by atomic mass is 16.5. The second-order valence-electron chi connectivity index (χ2n) is 11.8. The van der Waals surface area contributed by atoms with Crippen molar-refractivity contribution in [2.45, 2.75) is 51.2 Å². The van der Waals surface area contributed by atoms with Gasteiger partial charge in [0.25, 0.3) is 17.9 Å². The van der Waals surface area contributed by atoms with Crippen molar-refractivity contribution in [3.05, 3.63) is 70.9 Å². The van der Waals surface area contributed by atoms with Gasteiger partial charge in [0.05, 0.1) is 0 Å². The number of hydrogen-bond acceptors (Lipinski definition) is 12. The van der Waals surface area contributed by atoms with E-state index in [4.69, 9.17) is 19.3 Å². The summed E-state index contributed by atoms with van der Waals surface area (Å²) in [5.74, 6) is -0.456. The van der Waals surface area contributed by atoms with Crippen LogP contribution in [-0.2, 0) is 15.3 Å². The summed E-state index contributed by atoms with van der Waals surface area (Å²) in [6.07, 6.45) is 13.5. The lowest BCUT2D eigenvalue weighted by molar-refractivity contribution is -0.115. The lowest BCUT2D eigenvalue weighted by Crippen LogP contribution is -2.43. The van der Waals surface area contributed by atoms with Gasteiger partial charge in [0.2, 0.25) is 17.0 Å². The third-order valence-electron chi connectivity index (χ3n) is 8.82. The molecule has 8 heterocycles. The predicted octanol–water partition coefficient (Wildman–Crippen LogP) is 4.12. The van der Waals surface area contributed by atoms with Crippen molar-refractivity contribution in [3.8, 4) is 0 Å². The molecule has 5 aromatic rings.